The number of nitrogens with two attached hydrogens (primary N) is 2. The molecule has 0 saturated carbocycles. The fourth-order valence-corrected chi connectivity index (χ4v) is 2.11. The molecule has 0 fully saturated rings. The van der Waals surface area contributed by atoms with Crippen molar-refractivity contribution in [2.24, 2.45) is 0 Å². The first-order chi connectivity index (χ1) is 9.96. The predicted molar refractivity (Wildman–Crippen MR) is 83.6 cm³/mol. The average Bonchev–Trinajstić information content (AvgIpc) is 2.47. The van der Waals surface area contributed by atoms with Gasteiger partial charge in [0.1, 0.15) is 0 Å². The Morgan fingerprint density at radius 2 is 1.86 bits per heavy atom. The summed E-state index contributed by atoms with van der Waals surface area (Å²) in [5.41, 5.74) is 12.5. The first kappa shape index (κ1) is 14.9. The van der Waals surface area contributed by atoms with E-state index < -0.39 is 5.54 Å². The Bertz CT molecular complexity index is 643. The van der Waals surface area contributed by atoms with Crippen molar-refractivity contribution in [1.82, 2.24) is 5.32 Å². The summed E-state index contributed by atoms with van der Waals surface area (Å²) in [5.74, 6) is -0.354. The number of nitrogens with one attached hydrogen (secondary N) is 1. The van der Waals surface area contributed by atoms with Crippen LogP contribution in [0.15, 0.2) is 48.5 Å². The smallest absolute Gasteiger partial charge is 0.254 e. The molecular formula is C16H19N3O2. The number of amides is 1. The van der Waals surface area contributed by atoms with Crippen LogP contribution >= 0.6 is 0 Å². The summed E-state index contributed by atoms with van der Waals surface area (Å²) >= 11 is 0. The average molecular weight is 285 g/mol. The fraction of sp³-hybridized carbons (Fsp3) is 0.188. The maximum Gasteiger partial charge on any atom is 0.254 e. The van der Waals surface area contributed by atoms with Crippen LogP contribution in [0.5, 0.6) is 0 Å². The van der Waals surface area contributed by atoms with E-state index in [1.54, 1.807) is 19.1 Å². The molecular weight excluding hydrogens is 266 g/mol. The molecule has 1 atom stereocenters. The first-order valence-electron chi connectivity index (χ1n) is 6.60. The van der Waals surface area contributed by atoms with Crippen LogP contribution in [0.4, 0.5) is 11.4 Å². The van der Waals surface area contributed by atoms with E-state index in [0.29, 0.717) is 16.9 Å². The normalized spacial score (nSPS) is 13.4. The molecule has 5 nitrogen and oxygen atoms in total. The van der Waals surface area contributed by atoms with Gasteiger partial charge in [0.2, 0.25) is 0 Å². The van der Waals surface area contributed by atoms with Gasteiger partial charge in [-0.2, -0.15) is 0 Å². The maximum absolute atomic E-state index is 12.4. The lowest BCUT2D eigenvalue weighted by Gasteiger charge is -2.29. The van der Waals surface area contributed by atoms with Crippen LogP contribution in [0, 0.1) is 0 Å². The molecule has 5 heteroatoms. The highest BCUT2D eigenvalue weighted by molar-refractivity contribution is 6.00. The van der Waals surface area contributed by atoms with Crippen LogP contribution in [-0.2, 0) is 5.54 Å². The van der Waals surface area contributed by atoms with E-state index in [-0.39, 0.29) is 12.5 Å². The van der Waals surface area contributed by atoms with Gasteiger partial charge in [0.05, 0.1) is 17.7 Å². The van der Waals surface area contributed by atoms with Crippen LogP contribution in [0.1, 0.15) is 22.8 Å². The summed E-state index contributed by atoms with van der Waals surface area (Å²) in [7, 11) is 0. The molecule has 0 spiro atoms. The van der Waals surface area contributed by atoms with Gasteiger partial charge in [-0.05, 0) is 30.7 Å². The summed E-state index contributed by atoms with van der Waals surface area (Å²) in [5, 5.41) is 12.5. The molecule has 1 amide bonds. The molecule has 2 aromatic carbocycles. The third-order valence-corrected chi connectivity index (χ3v) is 3.44. The molecule has 0 bridgehead atoms. The minimum Gasteiger partial charge on any atom is -0.399 e. The molecule has 2 aromatic rings. The van der Waals surface area contributed by atoms with Gasteiger partial charge < -0.3 is 21.9 Å². The van der Waals surface area contributed by atoms with Gasteiger partial charge in [-0.1, -0.05) is 30.3 Å². The van der Waals surface area contributed by atoms with E-state index in [4.69, 9.17) is 11.5 Å². The van der Waals surface area contributed by atoms with Gasteiger partial charge in [-0.3, -0.25) is 4.79 Å². The minimum absolute atomic E-state index is 0.225. The van der Waals surface area contributed by atoms with E-state index >= 15 is 0 Å². The highest BCUT2D eigenvalue weighted by Gasteiger charge is 2.28. The van der Waals surface area contributed by atoms with Crippen molar-refractivity contribution in [3.05, 3.63) is 59.7 Å². The molecule has 2 rings (SSSR count). The number of carbonyl (C=O) groups excluding carboxylic acids is 1. The number of rotatable bonds is 4. The number of hydrogen-bond acceptors (Lipinski definition) is 4. The van der Waals surface area contributed by atoms with Crippen LogP contribution < -0.4 is 16.8 Å². The molecule has 0 saturated heterocycles. The van der Waals surface area contributed by atoms with Crippen molar-refractivity contribution in [3.8, 4) is 0 Å². The molecule has 6 N–H and O–H groups in total. The topological polar surface area (TPSA) is 101 Å². The number of benzene rings is 2. The van der Waals surface area contributed by atoms with Crippen molar-refractivity contribution >= 4 is 17.3 Å². The number of aliphatic hydroxyl groups excluding tert-OH is 1. The number of anilines is 2. The second-order valence-corrected chi connectivity index (χ2v) is 5.16. The lowest BCUT2D eigenvalue weighted by atomic mass is 9.92. The van der Waals surface area contributed by atoms with Crippen molar-refractivity contribution in [2.75, 3.05) is 18.1 Å². The lowest BCUT2D eigenvalue weighted by molar-refractivity contribution is 0.0850. The van der Waals surface area contributed by atoms with Gasteiger partial charge in [0.25, 0.3) is 5.91 Å². The molecule has 0 radical (unpaired) electrons. The van der Waals surface area contributed by atoms with Crippen LogP contribution in [0.25, 0.3) is 0 Å². The predicted octanol–water partition coefficient (Wildman–Crippen LogP) is 1.49. The van der Waals surface area contributed by atoms with Gasteiger partial charge >= 0.3 is 0 Å². The first-order valence-corrected chi connectivity index (χ1v) is 6.60. The van der Waals surface area contributed by atoms with Gasteiger partial charge in [0, 0.05) is 11.4 Å². The quantitative estimate of drug-likeness (QED) is 0.639. The molecule has 21 heavy (non-hydrogen) atoms. The number of hydrogen-bond donors (Lipinski definition) is 4. The Labute approximate surface area is 123 Å². The van der Waals surface area contributed by atoms with Gasteiger partial charge in [-0.15, -0.1) is 0 Å². The van der Waals surface area contributed by atoms with E-state index in [1.165, 1.54) is 6.07 Å². The van der Waals surface area contributed by atoms with Crippen LogP contribution in [-0.4, -0.2) is 17.6 Å². The highest BCUT2D eigenvalue weighted by atomic mass is 16.3. The van der Waals surface area contributed by atoms with E-state index in [9.17, 15) is 9.90 Å². The Balaban J connectivity index is 2.28. The van der Waals surface area contributed by atoms with Crippen LogP contribution in [0.3, 0.4) is 0 Å². The second-order valence-electron chi connectivity index (χ2n) is 5.16. The zero-order valence-corrected chi connectivity index (χ0v) is 11.8. The number of nitrogen functional groups attached to an aromatic ring is 2. The highest BCUT2D eigenvalue weighted by Crippen LogP contribution is 2.22. The third kappa shape index (κ3) is 3.14. The number of aliphatic hydroxyl groups is 1. The summed E-state index contributed by atoms with van der Waals surface area (Å²) in [6, 6.07) is 14.0. The summed E-state index contributed by atoms with van der Waals surface area (Å²) < 4.78 is 0. The zero-order chi connectivity index (χ0) is 15.5. The molecule has 0 aliphatic carbocycles. The zero-order valence-electron chi connectivity index (χ0n) is 11.8. The van der Waals surface area contributed by atoms with E-state index in [1.807, 2.05) is 30.3 Å². The van der Waals surface area contributed by atoms with Crippen LogP contribution in [0.2, 0.25) is 0 Å². The summed E-state index contributed by atoms with van der Waals surface area (Å²) in [6.45, 7) is 1.53. The Kier molecular flexibility index (Phi) is 4.14. The van der Waals surface area contributed by atoms with Gasteiger partial charge in [0.15, 0.2) is 0 Å². The molecule has 0 aromatic heterocycles. The van der Waals surface area contributed by atoms with Crippen molar-refractivity contribution in [1.29, 1.82) is 0 Å². The van der Waals surface area contributed by atoms with Crippen molar-refractivity contribution < 1.29 is 9.90 Å². The van der Waals surface area contributed by atoms with E-state index in [0.717, 1.165) is 5.56 Å². The standard InChI is InChI=1S/C16H19N3O2/c1-16(10-20,11-5-3-2-4-6-11)19-15(21)13-8-7-12(17)9-14(13)18/h2-9,20H,10,17-18H2,1H3,(H,19,21). The molecule has 0 aliphatic rings. The molecule has 0 aliphatic heterocycles. The maximum atomic E-state index is 12.4. The van der Waals surface area contributed by atoms with Crippen molar-refractivity contribution in [3.63, 3.8) is 0 Å². The summed E-state index contributed by atoms with van der Waals surface area (Å²) in [4.78, 5) is 12.4. The molecule has 110 valence electrons. The monoisotopic (exact) mass is 285 g/mol. The van der Waals surface area contributed by atoms with Crippen molar-refractivity contribution in [2.45, 2.75) is 12.5 Å². The van der Waals surface area contributed by atoms with Gasteiger partial charge in [-0.25, -0.2) is 0 Å². The Morgan fingerprint density at radius 3 is 2.43 bits per heavy atom. The largest absolute Gasteiger partial charge is 0.399 e. The second kappa shape index (κ2) is 5.85. The van der Waals surface area contributed by atoms with E-state index in [2.05, 4.69) is 5.32 Å². The fourth-order valence-electron chi connectivity index (χ4n) is 2.11. The number of carbonyl (C=O) groups is 1. The molecule has 1 unspecified atom stereocenters. The Morgan fingerprint density at radius 1 is 1.19 bits per heavy atom. The minimum atomic E-state index is -0.883. The molecule has 0 heterocycles. The lowest BCUT2D eigenvalue weighted by Crippen LogP contribution is -2.46. The summed E-state index contributed by atoms with van der Waals surface area (Å²) in [6.07, 6.45) is 0. The SMILES string of the molecule is CC(CO)(NC(=O)c1ccc(N)cc1N)c1ccccc1. The third-order valence-electron chi connectivity index (χ3n) is 3.44. The Hall–Kier alpha value is -2.53.